The Labute approximate surface area is 173 Å². The van der Waals surface area contributed by atoms with Crippen LogP contribution in [-0.4, -0.2) is 22.7 Å². The normalized spacial score (nSPS) is 33.7. The third-order valence-electron chi connectivity index (χ3n) is 6.47. The summed E-state index contributed by atoms with van der Waals surface area (Å²) < 4.78 is 0.187. The molecule has 27 heavy (non-hydrogen) atoms. The number of benzene rings is 1. The van der Waals surface area contributed by atoms with E-state index >= 15 is 0 Å². The van der Waals surface area contributed by atoms with E-state index in [4.69, 9.17) is 11.6 Å². The fourth-order valence-corrected chi connectivity index (χ4v) is 7.39. The Morgan fingerprint density at radius 2 is 1.78 bits per heavy atom. The molecule has 4 aliphatic carbocycles. The number of carbonyl (C=O) groups is 2. The van der Waals surface area contributed by atoms with E-state index in [1.54, 1.807) is 24.3 Å². The van der Waals surface area contributed by atoms with Crippen LogP contribution in [0.2, 0.25) is 5.02 Å². The van der Waals surface area contributed by atoms with Crippen molar-refractivity contribution in [1.29, 1.82) is 0 Å². The maximum atomic E-state index is 13.0. The van der Waals surface area contributed by atoms with E-state index in [-0.39, 0.29) is 21.6 Å². The fourth-order valence-electron chi connectivity index (χ4n) is 5.81. The van der Waals surface area contributed by atoms with Gasteiger partial charge in [-0.05, 0) is 81.0 Å². The van der Waals surface area contributed by atoms with Gasteiger partial charge in [0, 0.05) is 28.0 Å². The predicted octanol–water partition coefficient (Wildman–Crippen LogP) is 4.91. The Bertz CT molecular complexity index is 722. The zero-order valence-electron chi connectivity index (χ0n) is 15.4. The van der Waals surface area contributed by atoms with Crippen LogP contribution >= 0.6 is 27.5 Å². The standard InChI is InChI=1S/C21H26BrClN2O2/c22-21-11-14-8-15(12-21)10-20(9-14,13-21)19(27)24-7-1-2-18(26)25-17-5-3-16(23)4-6-17/h3-6,14-15H,1-2,7-13H2,(H,24,27)(H,25,26). The van der Waals surface area contributed by atoms with Gasteiger partial charge in [0.05, 0.1) is 5.41 Å². The van der Waals surface area contributed by atoms with Crippen LogP contribution in [0.3, 0.4) is 0 Å². The number of anilines is 1. The molecule has 2 unspecified atom stereocenters. The van der Waals surface area contributed by atoms with E-state index in [0.717, 1.165) is 24.9 Å². The second-order valence-corrected chi connectivity index (χ2v) is 10.9. The number of amides is 2. The maximum absolute atomic E-state index is 13.0. The van der Waals surface area contributed by atoms with Gasteiger partial charge in [0.25, 0.3) is 0 Å². The lowest BCUT2D eigenvalue weighted by molar-refractivity contribution is -0.144. The number of nitrogens with one attached hydrogen (secondary N) is 2. The number of alkyl halides is 1. The quantitative estimate of drug-likeness (QED) is 0.475. The molecule has 0 radical (unpaired) electrons. The summed E-state index contributed by atoms with van der Waals surface area (Å²) in [7, 11) is 0. The number of hydrogen-bond donors (Lipinski definition) is 2. The molecule has 146 valence electrons. The van der Waals surface area contributed by atoms with Crippen LogP contribution in [-0.2, 0) is 9.59 Å². The Balaban J connectivity index is 1.23. The Hall–Kier alpha value is -1.07. The Kier molecular flexibility index (Phi) is 5.28. The Morgan fingerprint density at radius 3 is 2.41 bits per heavy atom. The highest BCUT2D eigenvalue weighted by Crippen LogP contribution is 2.64. The van der Waals surface area contributed by atoms with Gasteiger partial charge in [-0.2, -0.15) is 0 Å². The Morgan fingerprint density at radius 1 is 1.11 bits per heavy atom. The lowest BCUT2D eigenvalue weighted by Gasteiger charge is -2.59. The molecule has 0 saturated heterocycles. The molecule has 0 heterocycles. The van der Waals surface area contributed by atoms with E-state index in [1.807, 2.05) is 0 Å². The second kappa shape index (κ2) is 7.40. The molecule has 4 nitrogen and oxygen atoms in total. The molecule has 2 amide bonds. The summed E-state index contributed by atoms with van der Waals surface area (Å²) in [6, 6.07) is 7.06. The van der Waals surface area contributed by atoms with Gasteiger partial charge in [0.1, 0.15) is 0 Å². The van der Waals surface area contributed by atoms with E-state index in [2.05, 4.69) is 26.6 Å². The molecular weight excluding hydrogens is 428 g/mol. The average Bonchev–Trinajstić information content (AvgIpc) is 2.58. The van der Waals surface area contributed by atoms with Crippen LogP contribution in [0.4, 0.5) is 5.69 Å². The van der Waals surface area contributed by atoms with Crippen molar-refractivity contribution in [1.82, 2.24) is 5.32 Å². The van der Waals surface area contributed by atoms with E-state index in [0.29, 0.717) is 36.2 Å². The van der Waals surface area contributed by atoms with Gasteiger partial charge in [0.2, 0.25) is 11.8 Å². The first kappa shape index (κ1) is 19.3. The van der Waals surface area contributed by atoms with Crippen molar-refractivity contribution < 1.29 is 9.59 Å². The van der Waals surface area contributed by atoms with Crippen molar-refractivity contribution in [2.75, 3.05) is 11.9 Å². The summed E-state index contributed by atoms with van der Waals surface area (Å²) in [5, 5.41) is 6.62. The molecule has 0 aliphatic heterocycles. The smallest absolute Gasteiger partial charge is 0.226 e. The minimum Gasteiger partial charge on any atom is -0.356 e. The molecule has 4 saturated carbocycles. The fraction of sp³-hybridized carbons (Fsp3) is 0.619. The van der Waals surface area contributed by atoms with Crippen LogP contribution in [0.15, 0.2) is 24.3 Å². The monoisotopic (exact) mass is 452 g/mol. The molecule has 2 N–H and O–H groups in total. The summed E-state index contributed by atoms with van der Waals surface area (Å²) in [4.78, 5) is 25.0. The second-order valence-electron chi connectivity index (χ2n) is 8.81. The molecule has 4 bridgehead atoms. The molecular formula is C21H26BrClN2O2. The largest absolute Gasteiger partial charge is 0.356 e. The molecule has 0 aromatic heterocycles. The SMILES string of the molecule is O=C(CCCNC(=O)C12CC3CC(CC(Br)(C3)C1)C2)Nc1ccc(Cl)cc1. The predicted molar refractivity (Wildman–Crippen MR) is 111 cm³/mol. The van der Waals surface area contributed by atoms with Gasteiger partial charge in [-0.15, -0.1) is 0 Å². The zero-order valence-corrected chi connectivity index (χ0v) is 17.7. The van der Waals surface area contributed by atoms with Crippen LogP contribution in [0, 0.1) is 17.3 Å². The third kappa shape index (κ3) is 4.19. The number of rotatable bonds is 6. The van der Waals surface area contributed by atoms with Gasteiger partial charge in [0.15, 0.2) is 0 Å². The third-order valence-corrected chi connectivity index (χ3v) is 7.65. The van der Waals surface area contributed by atoms with Crippen molar-refractivity contribution in [3.05, 3.63) is 29.3 Å². The first-order chi connectivity index (χ1) is 12.9. The first-order valence-corrected chi connectivity index (χ1v) is 11.1. The van der Waals surface area contributed by atoms with Crippen molar-refractivity contribution >= 4 is 45.0 Å². The van der Waals surface area contributed by atoms with Gasteiger partial charge in [-0.25, -0.2) is 0 Å². The van der Waals surface area contributed by atoms with Crippen LogP contribution in [0.25, 0.3) is 0 Å². The molecule has 4 fully saturated rings. The maximum Gasteiger partial charge on any atom is 0.226 e. The van der Waals surface area contributed by atoms with Crippen molar-refractivity contribution in [3.8, 4) is 0 Å². The molecule has 1 aromatic carbocycles. The molecule has 0 spiro atoms. The average molecular weight is 454 g/mol. The van der Waals surface area contributed by atoms with Gasteiger partial charge in [-0.1, -0.05) is 27.5 Å². The highest BCUT2D eigenvalue weighted by atomic mass is 79.9. The lowest BCUT2D eigenvalue weighted by atomic mass is 9.49. The summed E-state index contributed by atoms with van der Waals surface area (Å²) in [6.45, 7) is 0.555. The molecule has 1 aromatic rings. The van der Waals surface area contributed by atoms with Crippen molar-refractivity contribution in [2.45, 2.75) is 55.7 Å². The summed E-state index contributed by atoms with van der Waals surface area (Å²) in [5.41, 5.74) is 0.559. The summed E-state index contributed by atoms with van der Waals surface area (Å²) in [6.07, 6.45) is 7.84. The molecule has 6 heteroatoms. The molecule has 2 atom stereocenters. The topological polar surface area (TPSA) is 58.2 Å². The summed E-state index contributed by atoms with van der Waals surface area (Å²) in [5.74, 6) is 1.56. The van der Waals surface area contributed by atoms with Crippen LogP contribution < -0.4 is 10.6 Å². The molecule has 5 rings (SSSR count). The van der Waals surface area contributed by atoms with Gasteiger partial charge >= 0.3 is 0 Å². The minimum absolute atomic E-state index is 0.0409. The lowest BCUT2D eigenvalue weighted by Crippen LogP contribution is -2.58. The van der Waals surface area contributed by atoms with E-state index < -0.39 is 0 Å². The van der Waals surface area contributed by atoms with E-state index in [1.165, 1.54) is 19.3 Å². The highest BCUT2D eigenvalue weighted by Gasteiger charge is 2.59. The van der Waals surface area contributed by atoms with Gasteiger partial charge in [-0.3, -0.25) is 9.59 Å². The number of halogens is 2. The van der Waals surface area contributed by atoms with E-state index in [9.17, 15) is 9.59 Å². The van der Waals surface area contributed by atoms with Crippen molar-refractivity contribution in [3.63, 3.8) is 0 Å². The number of hydrogen-bond acceptors (Lipinski definition) is 2. The highest BCUT2D eigenvalue weighted by molar-refractivity contribution is 9.10. The van der Waals surface area contributed by atoms with Gasteiger partial charge < -0.3 is 10.6 Å². The first-order valence-electron chi connectivity index (χ1n) is 9.89. The van der Waals surface area contributed by atoms with Crippen LogP contribution in [0.5, 0.6) is 0 Å². The van der Waals surface area contributed by atoms with Crippen LogP contribution in [0.1, 0.15) is 51.4 Å². The zero-order chi connectivity index (χ0) is 19.1. The summed E-state index contributed by atoms with van der Waals surface area (Å²) >= 11 is 9.80. The number of carbonyl (C=O) groups excluding carboxylic acids is 2. The van der Waals surface area contributed by atoms with Crippen molar-refractivity contribution in [2.24, 2.45) is 17.3 Å². The minimum atomic E-state index is -0.181. The molecule has 4 aliphatic rings.